The standard InChI is InChI=1S/C16H11Br2NO3S/c17-11-3-1-10(2-4-11)8-23(21,22)9-14-13-7-12(18)5-6-15(13)19-16(14)20/h1-7,9H,8H2,(H,19,20). The summed E-state index contributed by atoms with van der Waals surface area (Å²) >= 11 is 6.64. The molecule has 0 fully saturated rings. The highest BCUT2D eigenvalue weighted by Crippen LogP contribution is 2.34. The third kappa shape index (κ3) is 3.73. The molecule has 0 radical (unpaired) electrons. The lowest BCUT2D eigenvalue weighted by Crippen LogP contribution is -2.07. The van der Waals surface area contributed by atoms with Crippen LogP contribution in [0.2, 0.25) is 0 Å². The molecule has 2 aromatic rings. The summed E-state index contributed by atoms with van der Waals surface area (Å²) < 4.78 is 26.5. The molecule has 0 saturated heterocycles. The lowest BCUT2D eigenvalue weighted by Gasteiger charge is -2.03. The summed E-state index contributed by atoms with van der Waals surface area (Å²) in [5.41, 5.74) is 2.03. The highest BCUT2D eigenvalue weighted by Gasteiger charge is 2.26. The van der Waals surface area contributed by atoms with Gasteiger partial charge in [-0.05, 0) is 35.9 Å². The van der Waals surface area contributed by atoms with Gasteiger partial charge >= 0.3 is 0 Å². The first-order chi connectivity index (χ1) is 10.8. The lowest BCUT2D eigenvalue weighted by atomic mass is 10.1. The topological polar surface area (TPSA) is 63.2 Å². The molecule has 4 nitrogen and oxygen atoms in total. The minimum absolute atomic E-state index is 0.152. The Kier molecular flexibility index (Phi) is 4.44. The predicted octanol–water partition coefficient (Wildman–Crippen LogP) is 4.12. The summed E-state index contributed by atoms with van der Waals surface area (Å²) in [5, 5.41) is 3.73. The molecule has 0 atom stereocenters. The number of amides is 1. The van der Waals surface area contributed by atoms with E-state index < -0.39 is 15.7 Å². The molecule has 1 heterocycles. The Bertz CT molecular complexity index is 919. The summed E-state index contributed by atoms with van der Waals surface area (Å²) in [4.78, 5) is 12.1. The maximum atomic E-state index is 12.4. The van der Waals surface area contributed by atoms with Crippen LogP contribution in [0.25, 0.3) is 5.57 Å². The highest BCUT2D eigenvalue weighted by atomic mass is 79.9. The van der Waals surface area contributed by atoms with Crippen molar-refractivity contribution in [1.29, 1.82) is 0 Å². The molecule has 0 aromatic heterocycles. The van der Waals surface area contributed by atoms with Crippen LogP contribution >= 0.6 is 31.9 Å². The maximum Gasteiger partial charge on any atom is 0.257 e. The number of benzene rings is 2. The molecular weight excluding hydrogens is 446 g/mol. The van der Waals surface area contributed by atoms with E-state index in [1.807, 2.05) is 0 Å². The summed E-state index contributed by atoms with van der Waals surface area (Å²) in [6.45, 7) is 0. The van der Waals surface area contributed by atoms with Crippen molar-refractivity contribution < 1.29 is 13.2 Å². The molecule has 2 aromatic carbocycles. The van der Waals surface area contributed by atoms with E-state index in [-0.39, 0.29) is 11.3 Å². The molecule has 1 N–H and O–H groups in total. The van der Waals surface area contributed by atoms with Gasteiger partial charge in [-0.25, -0.2) is 8.42 Å². The number of hydrogen-bond acceptors (Lipinski definition) is 3. The predicted molar refractivity (Wildman–Crippen MR) is 97.5 cm³/mol. The van der Waals surface area contributed by atoms with Gasteiger partial charge in [0.15, 0.2) is 9.84 Å². The van der Waals surface area contributed by atoms with E-state index in [0.29, 0.717) is 16.8 Å². The van der Waals surface area contributed by atoms with Crippen molar-refractivity contribution in [3.63, 3.8) is 0 Å². The van der Waals surface area contributed by atoms with Crippen LogP contribution in [0.15, 0.2) is 56.8 Å². The van der Waals surface area contributed by atoms with Gasteiger partial charge in [-0.1, -0.05) is 44.0 Å². The molecule has 0 saturated carbocycles. The fourth-order valence-electron chi connectivity index (χ4n) is 2.31. The number of carbonyl (C=O) groups is 1. The van der Waals surface area contributed by atoms with Crippen molar-refractivity contribution in [2.24, 2.45) is 0 Å². The highest BCUT2D eigenvalue weighted by molar-refractivity contribution is 9.10. The van der Waals surface area contributed by atoms with Gasteiger partial charge in [-0.2, -0.15) is 0 Å². The van der Waals surface area contributed by atoms with Crippen molar-refractivity contribution in [3.8, 4) is 0 Å². The van der Waals surface area contributed by atoms with Crippen molar-refractivity contribution in [1.82, 2.24) is 0 Å². The van der Waals surface area contributed by atoms with Crippen LogP contribution in [0.5, 0.6) is 0 Å². The van der Waals surface area contributed by atoms with E-state index in [1.165, 1.54) is 0 Å². The average molecular weight is 457 g/mol. The molecule has 0 spiro atoms. The van der Waals surface area contributed by atoms with Gasteiger partial charge in [-0.3, -0.25) is 4.79 Å². The minimum Gasteiger partial charge on any atom is -0.321 e. The van der Waals surface area contributed by atoms with E-state index in [0.717, 1.165) is 14.4 Å². The van der Waals surface area contributed by atoms with Gasteiger partial charge in [0.25, 0.3) is 5.91 Å². The van der Waals surface area contributed by atoms with Crippen molar-refractivity contribution in [2.45, 2.75) is 5.75 Å². The maximum absolute atomic E-state index is 12.4. The van der Waals surface area contributed by atoms with E-state index in [2.05, 4.69) is 37.2 Å². The lowest BCUT2D eigenvalue weighted by molar-refractivity contribution is -0.110. The van der Waals surface area contributed by atoms with E-state index >= 15 is 0 Å². The van der Waals surface area contributed by atoms with Gasteiger partial charge in [0, 0.05) is 25.6 Å². The molecule has 1 amide bonds. The summed E-state index contributed by atoms with van der Waals surface area (Å²) in [7, 11) is -3.57. The Labute approximate surface area is 150 Å². The zero-order valence-electron chi connectivity index (χ0n) is 11.7. The second-order valence-electron chi connectivity index (χ2n) is 5.11. The largest absolute Gasteiger partial charge is 0.321 e. The van der Waals surface area contributed by atoms with E-state index in [1.54, 1.807) is 42.5 Å². The van der Waals surface area contributed by atoms with E-state index in [4.69, 9.17) is 0 Å². The molecule has 0 unspecified atom stereocenters. The number of anilines is 1. The van der Waals surface area contributed by atoms with Crippen LogP contribution in [0.1, 0.15) is 11.1 Å². The number of rotatable bonds is 3. The van der Waals surface area contributed by atoms with Gasteiger partial charge in [0.05, 0.1) is 11.3 Å². The molecule has 0 aliphatic carbocycles. The number of carbonyl (C=O) groups excluding carboxylic acids is 1. The molecule has 3 rings (SSSR count). The summed E-state index contributed by atoms with van der Waals surface area (Å²) in [6, 6.07) is 12.3. The van der Waals surface area contributed by atoms with Crippen molar-refractivity contribution >= 4 is 58.9 Å². The van der Waals surface area contributed by atoms with Crippen molar-refractivity contribution in [3.05, 3.63) is 67.9 Å². The first-order valence-corrected chi connectivity index (χ1v) is 9.94. The van der Waals surface area contributed by atoms with E-state index in [9.17, 15) is 13.2 Å². The molecule has 0 bridgehead atoms. The smallest absolute Gasteiger partial charge is 0.257 e. The number of halogens is 2. The first kappa shape index (κ1) is 16.4. The van der Waals surface area contributed by atoms with Crippen LogP contribution in [-0.2, 0) is 20.4 Å². The minimum atomic E-state index is -3.57. The van der Waals surface area contributed by atoms with Gasteiger partial charge in [0.2, 0.25) is 0 Å². The Balaban J connectivity index is 1.96. The SMILES string of the molecule is O=C1Nc2ccc(Br)cc2C1=CS(=O)(=O)Cc1ccc(Br)cc1. The number of hydrogen-bond donors (Lipinski definition) is 1. The van der Waals surface area contributed by atoms with Gasteiger partial charge < -0.3 is 5.32 Å². The quantitative estimate of drug-likeness (QED) is 0.706. The molecule has 1 aliphatic heterocycles. The monoisotopic (exact) mass is 455 g/mol. The van der Waals surface area contributed by atoms with Gasteiger partial charge in [0.1, 0.15) is 0 Å². The Morgan fingerprint density at radius 2 is 1.65 bits per heavy atom. The second kappa shape index (κ2) is 6.22. The molecular formula is C16H11Br2NO3S. The Morgan fingerprint density at radius 1 is 1.00 bits per heavy atom. The number of nitrogens with one attached hydrogen (secondary N) is 1. The van der Waals surface area contributed by atoms with Crippen LogP contribution in [0, 0.1) is 0 Å². The van der Waals surface area contributed by atoms with Crippen LogP contribution in [0.3, 0.4) is 0 Å². The first-order valence-electron chi connectivity index (χ1n) is 6.64. The summed E-state index contributed by atoms with van der Waals surface area (Å²) in [5.74, 6) is -0.557. The average Bonchev–Trinajstić information content (AvgIpc) is 2.77. The fraction of sp³-hybridized carbons (Fsp3) is 0.0625. The zero-order valence-corrected chi connectivity index (χ0v) is 15.7. The fourth-order valence-corrected chi connectivity index (χ4v) is 4.27. The normalized spacial score (nSPS) is 15.6. The third-order valence-electron chi connectivity index (χ3n) is 3.34. The van der Waals surface area contributed by atoms with Crippen LogP contribution in [-0.4, -0.2) is 14.3 Å². The summed E-state index contributed by atoms with van der Waals surface area (Å²) in [6.07, 6.45) is 0. The molecule has 1 aliphatic rings. The number of sulfone groups is 1. The second-order valence-corrected chi connectivity index (χ2v) is 8.79. The Hall–Kier alpha value is -1.44. The third-order valence-corrected chi connectivity index (χ3v) is 5.70. The van der Waals surface area contributed by atoms with Crippen LogP contribution < -0.4 is 5.32 Å². The Morgan fingerprint density at radius 3 is 2.35 bits per heavy atom. The zero-order chi connectivity index (χ0) is 16.6. The molecule has 23 heavy (non-hydrogen) atoms. The van der Waals surface area contributed by atoms with Gasteiger partial charge in [-0.15, -0.1) is 0 Å². The molecule has 7 heteroatoms. The van der Waals surface area contributed by atoms with Crippen molar-refractivity contribution in [2.75, 3.05) is 5.32 Å². The molecule has 118 valence electrons. The van der Waals surface area contributed by atoms with Crippen LogP contribution in [0.4, 0.5) is 5.69 Å². The number of fused-ring (bicyclic) bond motifs is 1.